The van der Waals surface area contributed by atoms with Crippen molar-refractivity contribution in [3.8, 4) is 16.9 Å². The summed E-state index contributed by atoms with van der Waals surface area (Å²) < 4.78 is 17.1. The fourth-order valence-electron chi connectivity index (χ4n) is 3.91. The van der Waals surface area contributed by atoms with E-state index >= 15 is 0 Å². The van der Waals surface area contributed by atoms with Crippen LogP contribution in [0.1, 0.15) is 61.6 Å². The van der Waals surface area contributed by atoms with E-state index in [-0.39, 0.29) is 18.4 Å². The fourth-order valence-corrected chi connectivity index (χ4v) is 3.91. The molecule has 2 heterocycles. The minimum absolute atomic E-state index is 0.118. The van der Waals surface area contributed by atoms with Gasteiger partial charge in [-0.05, 0) is 68.9 Å². The molecular weight excluding hydrogens is 428 g/mol. The Balaban J connectivity index is 1.18. The van der Waals surface area contributed by atoms with E-state index in [4.69, 9.17) is 14.2 Å². The van der Waals surface area contributed by atoms with E-state index in [1.54, 1.807) is 12.1 Å². The van der Waals surface area contributed by atoms with Crippen molar-refractivity contribution < 1.29 is 19.0 Å². The molecule has 0 amide bonds. The first kappa shape index (κ1) is 23.9. The number of benzene rings is 2. The van der Waals surface area contributed by atoms with Crippen LogP contribution >= 0.6 is 0 Å². The van der Waals surface area contributed by atoms with Crippen molar-refractivity contribution in [1.29, 1.82) is 0 Å². The molecule has 4 rings (SSSR count). The largest absolute Gasteiger partial charge is 0.465 e. The minimum atomic E-state index is -0.270. The van der Waals surface area contributed by atoms with Gasteiger partial charge in [0.15, 0.2) is 6.29 Å². The molecule has 6 nitrogen and oxygen atoms in total. The first-order valence-corrected chi connectivity index (χ1v) is 12.1. The molecule has 0 aliphatic carbocycles. The highest BCUT2D eigenvalue weighted by Gasteiger charge is 2.15. The lowest BCUT2D eigenvalue weighted by Crippen LogP contribution is -2.24. The highest BCUT2D eigenvalue weighted by atomic mass is 16.7. The number of aromatic nitrogens is 2. The number of rotatable bonds is 10. The van der Waals surface area contributed by atoms with E-state index in [1.165, 1.54) is 0 Å². The molecule has 0 N–H and O–H groups in total. The SMILES string of the molecule is CC(CCCCc1ncc(-c2ccc(OC3CCCCO3)cc2)cn1)OC(=O)c1ccccc1. The van der Waals surface area contributed by atoms with Gasteiger partial charge < -0.3 is 14.2 Å². The maximum atomic E-state index is 12.1. The average Bonchev–Trinajstić information content (AvgIpc) is 2.89. The van der Waals surface area contributed by atoms with Gasteiger partial charge in [-0.2, -0.15) is 0 Å². The van der Waals surface area contributed by atoms with Crippen LogP contribution in [0.2, 0.25) is 0 Å². The van der Waals surface area contributed by atoms with Gasteiger partial charge in [0.25, 0.3) is 0 Å². The highest BCUT2D eigenvalue weighted by molar-refractivity contribution is 5.89. The molecule has 1 aromatic heterocycles. The Bertz CT molecular complexity index is 1020. The minimum Gasteiger partial charge on any atom is -0.465 e. The molecule has 6 heteroatoms. The van der Waals surface area contributed by atoms with Gasteiger partial charge in [-0.3, -0.25) is 0 Å². The van der Waals surface area contributed by atoms with E-state index in [1.807, 2.05) is 61.8 Å². The van der Waals surface area contributed by atoms with Crippen LogP contribution < -0.4 is 4.74 Å². The van der Waals surface area contributed by atoms with Gasteiger partial charge in [0.2, 0.25) is 0 Å². The number of esters is 1. The lowest BCUT2D eigenvalue weighted by molar-refractivity contribution is -0.105. The number of hydrogen-bond acceptors (Lipinski definition) is 6. The van der Waals surface area contributed by atoms with E-state index in [2.05, 4.69) is 9.97 Å². The van der Waals surface area contributed by atoms with Gasteiger partial charge in [-0.25, -0.2) is 14.8 Å². The fraction of sp³-hybridized carbons (Fsp3) is 0.393. The van der Waals surface area contributed by atoms with Crippen LogP contribution in [-0.2, 0) is 15.9 Å². The second kappa shape index (κ2) is 12.3. The Morgan fingerprint density at radius 3 is 2.47 bits per heavy atom. The monoisotopic (exact) mass is 460 g/mol. The molecule has 2 unspecified atom stereocenters. The Morgan fingerprint density at radius 2 is 1.76 bits per heavy atom. The zero-order valence-corrected chi connectivity index (χ0v) is 19.7. The van der Waals surface area contributed by atoms with Crippen molar-refractivity contribution in [2.75, 3.05) is 6.61 Å². The standard InChI is InChI=1S/C28H32N2O4/c1-21(33-28(31)23-10-3-2-4-11-23)9-5-6-12-26-29-19-24(20-30-26)22-14-16-25(17-15-22)34-27-13-7-8-18-32-27/h2-4,10-11,14-17,19-21,27H,5-9,12-13,18H2,1H3. The molecule has 1 aliphatic rings. The molecule has 34 heavy (non-hydrogen) atoms. The lowest BCUT2D eigenvalue weighted by atomic mass is 10.1. The molecule has 0 saturated carbocycles. The number of carbonyl (C=O) groups is 1. The van der Waals surface area contributed by atoms with Crippen LogP contribution in [0.25, 0.3) is 11.1 Å². The van der Waals surface area contributed by atoms with Crippen LogP contribution in [0.4, 0.5) is 0 Å². The summed E-state index contributed by atoms with van der Waals surface area (Å²) in [5, 5.41) is 0. The van der Waals surface area contributed by atoms with Gasteiger partial charge in [0.1, 0.15) is 11.6 Å². The second-order valence-corrected chi connectivity index (χ2v) is 8.65. The number of hydrogen-bond donors (Lipinski definition) is 0. The predicted octanol–water partition coefficient (Wildman–Crippen LogP) is 6.01. The first-order chi connectivity index (χ1) is 16.7. The van der Waals surface area contributed by atoms with Crippen LogP contribution in [-0.4, -0.2) is 34.9 Å². The van der Waals surface area contributed by atoms with Crippen LogP contribution in [0, 0.1) is 0 Å². The van der Waals surface area contributed by atoms with Gasteiger partial charge in [0.05, 0.1) is 18.3 Å². The molecule has 0 spiro atoms. The number of ether oxygens (including phenoxy) is 3. The van der Waals surface area contributed by atoms with E-state index in [0.29, 0.717) is 5.56 Å². The summed E-state index contributed by atoms with van der Waals surface area (Å²) in [6.07, 6.45) is 10.2. The van der Waals surface area contributed by atoms with Gasteiger partial charge >= 0.3 is 5.97 Å². The second-order valence-electron chi connectivity index (χ2n) is 8.65. The third kappa shape index (κ3) is 7.12. The maximum Gasteiger partial charge on any atom is 0.338 e. The number of nitrogens with zero attached hydrogens (tertiary/aromatic N) is 2. The summed E-state index contributed by atoms with van der Waals surface area (Å²) in [5.74, 6) is 1.37. The van der Waals surface area contributed by atoms with Crippen LogP contribution in [0.3, 0.4) is 0 Å². The van der Waals surface area contributed by atoms with Crippen molar-refractivity contribution >= 4 is 5.97 Å². The zero-order chi connectivity index (χ0) is 23.6. The molecule has 2 aromatic carbocycles. The Hall–Kier alpha value is -3.25. The van der Waals surface area contributed by atoms with Gasteiger partial charge in [-0.1, -0.05) is 30.3 Å². The Morgan fingerprint density at radius 1 is 1.00 bits per heavy atom. The molecule has 178 valence electrons. The summed E-state index contributed by atoms with van der Waals surface area (Å²) in [5.41, 5.74) is 2.62. The van der Waals surface area contributed by atoms with Crippen molar-refractivity contribution in [2.45, 2.75) is 64.3 Å². The smallest absolute Gasteiger partial charge is 0.338 e. The molecule has 1 saturated heterocycles. The zero-order valence-electron chi connectivity index (χ0n) is 19.7. The summed E-state index contributed by atoms with van der Waals surface area (Å²) in [7, 11) is 0. The van der Waals surface area contributed by atoms with Crippen LogP contribution in [0.15, 0.2) is 67.0 Å². The Labute approximate surface area is 201 Å². The molecule has 0 radical (unpaired) electrons. The highest BCUT2D eigenvalue weighted by Crippen LogP contribution is 2.24. The van der Waals surface area contributed by atoms with Crippen LogP contribution in [0.5, 0.6) is 5.75 Å². The van der Waals surface area contributed by atoms with Gasteiger partial charge in [-0.15, -0.1) is 0 Å². The van der Waals surface area contributed by atoms with Crippen molar-refractivity contribution in [3.05, 3.63) is 78.4 Å². The number of unbranched alkanes of at least 4 members (excludes halogenated alkanes) is 1. The topological polar surface area (TPSA) is 70.5 Å². The molecular formula is C28H32N2O4. The first-order valence-electron chi connectivity index (χ1n) is 12.1. The maximum absolute atomic E-state index is 12.1. The Kier molecular flexibility index (Phi) is 8.63. The van der Waals surface area contributed by atoms with Crippen molar-refractivity contribution in [1.82, 2.24) is 9.97 Å². The average molecular weight is 461 g/mol. The van der Waals surface area contributed by atoms with Crippen molar-refractivity contribution in [2.24, 2.45) is 0 Å². The van der Waals surface area contributed by atoms with E-state index < -0.39 is 0 Å². The molecule has 1 aliphatic heterocycles. The predicted molar refractivity (Wildman–Crippen MR) is 131 cm³/mol. The summed E-state index contributed by atoms with van der Waals surface area (Å²) in [6.45, 7) is 2.71. The quantitative estimate of drug-likeness (QED) is 0.273. The van der Waals surface area contributed by atoms with Gasteiger partial charge in [0, 0.05) is 30.8 Å². The van der Waals surface area contributed by atoms with Crippen molar-refractivity contribution in [3.63, 3.8) is 0 Å². The molecule has 3 aromatic rings. The third-order valence-electron chi connectivity index (χ3n) is 5.88. The molecule has 1 fully saturated rings. The number of carbonyl (C=O) groups excluding carboxylic acids is 1. The summed E-state index contributed by atoms with van der Waals surface area (Å²) in [6, 6.07) is 17.1. The molecule has 0 bridgehead atoms. The lowest BCUT2D eigenvalue weighted by Gasteiger charge is -2.23. The third-order valence-corrected chi connectivity index (χ3v) is 5.88. The summed E-state index contributed by atoms with van der Waals surface area (Å²) >= 11 is 0. The van der Waals surface area contributed by atoms with E-state index in [0.717, 1.165) is 74.3 Å². The summed E-state index contributed by atoms with van der Waals surface area (Å²) in [4.78, 5) is 21.2. The van der Waals surface area contributed by atoms with E-state index in [9.17, 15) is 4.79 Å². The normalized spacial score (nSPS) is 16.6. The molecule has 2 atom stereocenters. The number of aryl methyl sites for hydroxylation is 1.